The summed E-state index contributed by atoms with van der Waals surface area (Å²) in [6.45, 7) is 1.21. The number of nitrogens with zero attached hydrogens (tertiary/aromatic N) is 4. The highest BCUT2D eigenvalue weighted by atomic mass is 16.5. The first-order chi connectivity index (χ1) is 26.6. The Labute approximate surface area is 316 Å². The summed E-state index contributed by atoms with van der Waals surface area (Å²) in [5.74, 6) is 6.30. The van der Waals surface area contributed by atoms with Gasteiger partial charge in [-0.25, -0.2) is 19.6 Å². The molecule has 4 heterocycles. The number of rotatable bonds is 11. The van der Waals surface area contributed by atoms with Crippen molar-refractivity contribution in [3.63, 3.8) is 0 Å². The summed E-state index contributed by atoms with van der Waals surface area (Å²) in [7, 11) is 2.43. The van der Waals surface area contributed by atoms with E-state index in [0.717, 1.165) is 47.2 Å². The van der Waals surface area contributed by atoms with E-state index in [0.29, 0.717) is 43.1 Å². The molecule has 2 aromatic heterocycles. The summed E-state index contributed by atoms with van der Waals surface area (Å²) in [6, 6.07) is 10.8. The van der Waals surface area contributed by atoms with Gasteiger partial charge in [0.2, 0.25) is 17.7 Å². The fourth-order valence-corrected chi connectivity index (χ4v) is 7.05. The second-order valence-electron chi connectivity index (χ2n) is 13.4. The van der Waals surface area contributed by atoms with Crippen molar-refractivity contribution < 1.29 is 33.4 Å². The van der Waals surface area contributed by atoms with E-state index < -0.39 is 36.1 Å². The van der Waals surface area contributed by atoms with Crippen LogP contribution in [-0.4, -0.2) is 106 Å². The van der Waals surface area contributed by atoms with Crippen molar-refractivity contribution in [1.82, 2.24) is 40.4 Å². The molecule has 17 nitrogen and oxygen atoms in total. The number of benzene rings is 2. The lowest BCUT2D eigenvalue weighted by molar-refractivity contribution is -0.136. The van der Waals surface area contributed by atoms with Gasteiger partial charge >= 0.3 is 12.2 Å². The Hall–Kier alpha value is -6.41. The average Bonchev–Trinajstić information content (AvgIpc) is 4.02. The maximum atomic E-state index is 13.4. The van der Waals surface area contributed by atoms with Crippen LogP contribution in [0.15, 0.2) is 48.7 Å². The van der Waals surface area contributed by atoms with E-state index >= 15 is 0 Å². The third-order valence-corrected chi connectivity index (χ3v) is 9.76. The molecule has 2 aliphatic heterocycles. The zero-order valence-electron chi connectivity index (χ0n) is 30.6. The van der Waals surface area contributed by atoms with E-state index in [2.05, 4.69) is 42.2 Å². The Morgan fingerprint density at radius 2 is 1.45 bits per heavy atom. The summed E-state index contributed by atoms with van der Waals surface area (Å²) < 4.78 is 9.32. The number of methoxy groups -OCH3 is 2. The van der Waals surface area contributed by atoms with E-state index in [1.54, 1.807) is 16.0 Å². The van der Waals surface area contributed by atoms with Crippen molar-refractivity contribution in [2.24, 2.45) is 11.5 Å². The summed E-state index contributed by atoms with van der Waals surface area (Å²) >= 11 is 0. The number of aromatic amines is 2. The van der Waals surface area contributed by atoms with Gasteiger partial charge in [0.05, 0.1) is 55.6 Å². The molecule has 0 spiro atoms. The quantitative estimate of drug-likeness (QED) is 0.122. The molecule has 55 heavy (non-hydrogen) atoms. The molecular formula is C38H44N10O7. The number of hydrogen-bond acceptors (Lipinski definition) is 10. The van der Waals surface area contributed by atoms with E-state index in [4.69, 9.17) is 21.2 Å². The van der Waals surface area contributed by atoms with Gasteiger partial charge < -0.3 is 51.3 Å². The summed E-state index contributed by atoms with van der Waals surface area (Å²) in [6.07, 6.45) is 3.08. The fourth-order valence-electron chi connectivity index (χ4n) is 7.05. The molecule has 2 saturated heterocycles. The Balaban J connectivity index is 1.12. The number of carbonyl (C=O) groups is 5. The average molecular weight is 753 g/mol. The molecule has 0 aliphatic carbocycles. The van der Waals surface area contributed by atoms with Crippen LogP contribution in [0.25, 0.3) is 22.3 Å². The standard InChI is InChI=1S/C38H44N10O7/c1-54-37(52)45-26(15-16-39)35(50)47-17-3-5-30(47)33-41-21-29(44-33)24-12-9-22(10-13-24)7-8-23-11-14-25-27(19-23)43-34(42-25)31-6-4-18-48(31)36(51)28(20-32(40)49)46-38(53)55-2/h9-14,19,21,26,28,30-31H,3-6,15-18,20,39H2,1-2H3,(H2,40,49)(H,41,44)(H,42,43)(H,45,52)(H,46,53). The number of likely N-dealkylation sites (tertiary alicyclic amines) is 2. The smallest absolute Gasteiger partial charge is 0.407 e. The number of nitrogens with one attached hydrogen (secondary N) is 4. The molecule has 288 valence electrons. The number of hydrogen-bond donors (Lipinski definition) is 6. The number of primary amides is 1. The predicted octanol–water partition coefficient (Wildman–Crippen LogP) is 2.35. The van der Waals surface area contributed by atoms with Crippen LogP contribution < -0.4 is 22.1 Å². The zero-order chi connectivity index (χ0) is 39.1. The zero-order valence-corrected chi connectivity index (χ0v) is 30.6. The maximum absolute atomic E-state index is 13.4. The van der Waals surface area contributed by atoms with E-state index in [1.165, 1.54) is 14.2 Å². The van der Waals surface area contributed by atoms with Crippen LogP contribution in [0.5, 0.6) is 0 Å². The minimum atomic E-state index is -1.15. The molecule has 0 bridgehead atoms. The number of ether oxygens (including phenoxy) is 2. The van der Waals surface area contributed by atoms with Gasteiger partial charge in [-0.15, -0.1) is 0 Å². The van der Waals surface area contributed by atoms with Gasteiger partial charge in [-0.1, -0.05) is 24.0 Å². The molecular weight excluding hydrogens is 708 g/mol. The molecule has 2 fully saturated rings. The molecule has 6 rings (SSSR count). The Kier molecular flexibility index (Phi) is 12.0. The molecule has 4 aromatic rings. The molecule has 0 radical (unpaired) electrons. The monoisotopic (exact) mass is 752 g/mol. The largest absolute Gasteiger partial charge is 0.453 e. The van der Waals surface area contributed by atoms with Crippen LogP contribution in [-0.2, 0) is 23.9 Å². The third-order valence-electron chi connectivity index (χ3n) is 9.76. The minimum absolute atomic E-state index is 0.221. The number of fused-ring (bicyclic) bond motifs is 1. The summed E-state index contributed by atoms with van der Waals surface area (Å²) in [5.41, 5.74) is 15.8. The highest BCUT2D eigenvalue weighted by Crippen LogP contribution is 2.34. The minimum Gasteiger partial charge on any atom is -0.453 e. The van der Waals surface area contributed by atoms with Crippen molar-refractivity contribution in [1.29, 1.82) is 0 Å². The molecule has 17 heteroatoms. The Bertz CT molecular complexity index is 2120. The third kappa shape index (κ3) is 8.87. The first kappa shape index (κ1) is 38.3. The highest BCUT2D eigenvalue weighted by molar-refractivity contribution is 5.91. The molecule has 8 N–H and O–H groups in total. The van der Waals surface area contributed by atoms with Gasteiger partial charge in [0.1, 0.15) is 23.7 Å². The van der Waals surface area contributed by atoms with Crippen molar-refractivity contribution in [3.05, 3.63) is 71.4 Å². The van der Waals surface area contributed by atoms with Crippen molar-refractivity contribution in [2.45, 2.75) is 62.7 Å². The lowest BCUT2D eigenvalue weighted by atomic mass is 10.1. The molecule has 0 saturated carbocycles. The topological polar surface area (TPSA) is 244 Å². The molecule has 5 amide bonds. The first-order valence-corrected chi connectivity index (χ1v) is 18.0. The van der Waals surface area contributed by atoms with Crippen LogP contribution in [0.2, 0.25) is 0 Å². The van der Waals surface area contributed by atoms with E-state index in [9.17, 15) is 24.0 Å². The van der Waals surface area contributed by atoms with E-state index in [-0.39, 0.29) is 31.0 Å². The lowest BCUT2D eigenvalue weighted by Crippen LogP contribution is -2.50. The second kappa shape index (κ2) is 17.2. The number of amides is 5. The fraction of sp³-hybridized carbons (Fsp3) is 0.395. The van der Waals surface area contributed by atoms with Crippen molar-refractivity contribution in [3.8, 4) is 23.1 Å². The SMILES string of the molecule is COC(=O)NC(CCN)C(=O)N1CCCC1c1ncc(-c2ccc(C#Cc3ccc4nc(C5CCCN5C(=O)C(CC(N)=O)NC(=O)OC)[nH]c4c3)cc2)[nH]1. The van der Waals surface area contributed by atoms with Gasteiger partial charge in [-0.05, 0) is 74.5 Å². The van der Waals surface area contributed by atoms with Gasteiger partial charge in [0, 0.05) is 24.2 Å². The number of nitrogens with two attached hydrogens (primary N) is 2. The Morgan fingerprint density at radius 3 is 2.09 bits per heavy atom. The highest BCUT2D eigenvalue weighted by Gasteiger charge is 2.38. The number of imidazole rings is 2. The molecule has 2 aliphatic rings. The summed E-state index contributed by atoms with van der Waals surface area (Å²) in [5, 5.41) is 5.01. The number of alkyl carbamates (subject to hydrolysis) is 2. The Morgan fingerprint density at radius 1 is 0.855 bits per heavy atom. The van der Waals surface area contributed by atoms with Gasteiger partial charge in [0.15, 0.2) is 0 Å². The molecule has 4 unspecified atom stereocenters. The molecule has 2 aromatic carbocycles. The maximum Gasteiger partial charge on any atom is 0.407 e. The van der Waals surface area contributed by atoms with Crippen LogP contribution in [0.1, 0.15) is 73.4 Å². The van der Waals surface area contributed by atoms with Crippen molar-refractivity contribution in [2.75, 3.05) is 33.9 Å². The second-order valence-corrected chi connectivity index (χ2v) is 13.4. The predicted molar refractivity (Wildman–Crippen MR) is 200 cm³/mol. The van der Waals surface area contributed by atoms with Crippen LogP contribution in [0.3, 0.4) is 0 Å². The number of H-pyrrole nitrogens is 2. The van der Waals surface area contributed by atoms with Crippen LogP contribution in [0.4, 0.5) is 9.59 Å². The number of aromatic nitrogens is 4. The van der Waals surface area contributed by atoms with Crippen LogP contribution >= 0.6 is 0 Å². The normalized spacial score (nSPS) is 17.6. The summed E-state index contributed by atoms with van der Waals surface area (Å²) in [4.78, 5) is 81.6. The van der Waals surface area contributed by atoms with Crippen LogP contribution in [0, 0.1) is 11.8 Å². The van der Waals surface area contributed by atoms with Gasteiger partial charge in [-0.2, -0.15) is 0 Å². The van der Waals surface area contributed by atoms with E-state index in [1.807, 2.05) is 42.5 Å². The molecule has 4 atom stereocenters. The first-order valence-electron chi connectivity index (χ1n) is 18.0. The number of carbonyl (C=O) groups excluding carboxylic acids is 5. The van der Waals surface area contributed by atoms with Crippen molar-refractivity contribution >= 4 is 40.9 Å². The van der Waals surface area contributed by atoms with Gasteiger partial charge in [0.25, 0.3) is 0 Å². The van der Waals surface area contributed by atoms with Gasteiger partial charge in [-0.3, -0.25) is 14.4 Å². The lowest BCUT2D eigenvalue weighted by Gasteiger charge is -2.28.